The Morgan fingerprint density at radius 2 is 2.00 bits per heavy atom. The maximum absolute atomic E-state index is 13.8. The van der Waals surface area contributed by atoms with E-state index in [2.05, 4.69) is 15.9 Å². The molecule has 1 aromatic carbocycles. The van der Waals surface area contributed by atoms with Gasteiger partial charge in [-0.3, -0.25) is 4.79 Å². The molecule has 0 aromatic heterocycles. The molecule has 0 aliphatic heterocycles. The van der Waals surface area contributed by atoms with E-state index in [-0.39, 0.29) is 10.0 Å². The van der Waals surface area contributed by atoms with Gasteiger partial charge in [0.25, 0.3) is 5.91 Å². The molecule has 0 unspecified atom stereocenters. The van der Waals surface area contributed by atoms with Crippen LogP contribution in [0.1, 0.15) is 30.6 Å². The highest BCUT2D eigenvalue weighted by molar-refractivity contribution is 9.10. The first-order valence-electron chi connectivity index (χ1n) is 6.31. The zero-order valence-electron chi connectivity index (χ0n) is 12.1. The monoisotopic (exact) mass is 380 g/mol. The van der Waals surface area contributed by atoms with Gasteiger partial charge in [0, 0.05) is 19.2 Å². The summed E-state index contributed by atoms with van der Waals surface area (Å²) < 4.78 is 36.3. The maximum atomic E-state index is 13.8. The van der Waals surface area contributed by atoms with E-state index in [9.17, 15) is 17.6 Å². The van der Waals surface area contributed by atoms with E-state index < -0.39 is 26.6 Å². The molecule has 0 heterocycles. The van der Waals surface area contributed by atoms with E-state index in [1.165, 1.54) is 4.90 Å². The Morgan fingerprint density at radius 1 is 1.43 bits per heavy atom. The lowest BCUT2D eigenvalue weighted by molar-refractivity contribution is 0.0788. The highest BCUT2D eigenvalue weighted by Gasteiger charge is 2.21. The quantitative estimate of drug-likeness (QED) is 0.850. The summed E-state index contributed by atoms with van der Waals surface area (Å²) >= 11 is 2.83. The molecule has 1 aromatic rings. The van der Waals surface area contributed by atoms with Gasteiger partial charge in [-0.15, -0.1) is 0 Å². The summed E-state index contributed by atoms with van der Waals surface area (Å²) in [6.07, 6.45) is 0.795. The standard InChI is InChI=1S/C13H18BrFN2O3S/c1-8(2)4-5-17(3)13(18)9-6-10(15)12(14)11(7-9)21(16,19)20/h6-8H,4-5H2,1-3H3,(H2,16,19,20). The molecule has 21 heavy (non-hydrogen) atoms. The fraction of sp³-hybridized carbons (Fsp3) is 0.462. The minimum Gasteiger partial charge on any atom is -0.342 e. The van der Waals surface area contributed by atoms with Gasteiger partial charge in [0.2, 0.25) is 10.0 Å². The summed E-state index contributed by atoms with van der Waals surface area (Å²) in [6.45, 7) is 4.55. The van der Waals surface area contributed by atoms with Crippen LogP contribution in [-0.4, -0.2) is 32.8 Å². The normalized spacial score (nSPS) is 11.8. The Kier molecular flexibility index (Phi) is 5.89. The van der Waals surface area contributed by atoms with E-state index in [0.717, 1.165) is 18.6 Å². The summed E-state index contributed by atoms with van der Waals surface area (Å²) in [5.41, 5.74) is -0.0500. The molecule has 0 bridgehead atoms. The molecule has 2 N–H and O–H groups in total. The number of hydrogen-bond donors (Lipinski definition) is 1. The van der Waals surface area contributed by atoms with Gasteiger partial charge in [0.05, 0.1) is 9.37 Å². The minimum absolute atomic E-state index is 0.0500. The number of rotatable bonds is 5. The highest BCUT2D eigenvalue weighted by atomic mass is 79.9. The van der Waals surface area contributed by atoms with Gasteiger partial charge in [-0.2, -0.15) is 0 Å². The lowest BCUT2D eigenvalue weighted by atomic mass is 10.1. The van der Waals surface area contributed by atoms with E-state index in [4.69, 9.17) is 5.14 Å². The van der Waals surface area contributed by atoms with Gasteiger partial charge in [-0.25, -0.2) is 17.9 Å². The van der Waals surface area contributed by atoms with Crippen molar-refractivity contribution < 1.29 is 17.6 Å². The van der Waals surface area contributed by atoms with Crippen molar-refractivity contribution in [3.8, 4) is 0 Å². The molecule has 8 heteroatoms. The van der Waals surface area contributed by atoms with Crippen molar-refractivity contribution in [2.75, 3.05) is 13.6 Å². The summed E-state index contributed by atoms with van der Waals surface area (Å²) in [4.78, 5) is 13.2. The molecule has 0 saturated carbocycles. The molecule has 0 saturated heterocycles. The van der Waals surface area contributed by atoms with Crippen LogP contribution in [0.4, 0.5) is 4.39 Å². The first kappa shape index (κ1) is 18.1. The second-order valence-corrected chi connectivity index (χ2v) is 7.55. The lowest BCUT2D eigenvalue weighted by Gasteiger charge is -2.19. The topological polar surface area (TPSA) is 80.5 Å². The molecule has 0 aliphatic carbocycles. The number of benzene rings is 1. The van der Waals surface area contributed by atoms with Gasteiger partial charge in [0.1, 0.15) is 5.82 Å². The third kappa shape index (κ3) is 4.76. The maximum Gasteiger partial charge on any atom is 0.253 e. The van der Waals surface area contributed by atoms with E-state index in [0.29, 0.717) is 12.5 Å². The molecule has 0 atom stereocenters. The summed E-state index contributed by atoms with van der Waals surface area (Å²) in [5.74, 6) is -0.879. The molecule has 1 amide bonds. The average molecular weight is 381 g/mol. The minimum atomic E-state index is -4.12. The second-order valence-electron chi connectivity index (χ2n) is 5.22. The largest absolute Gasteiger partial charge is 0.342 e. The van der Waals surface area contributed by atoms with Crippen LogP contribution in [0, 0.1) is 11.7 Å². The second kappa shape index (κ2) is 6.85. The van der Waals surface area contributed by atoms with Gasteiger partial charge in [-0.05, 0) is 40.4 Å². The van der Waals surface area contributed by atoms with Crippen LogP contribution in [0.25, 0.3) is 0 Å². The molecule has 0 fully saturated rings. The van der Waals surface area contributed by atoms with Gasteiger partial charge < -0.3 is 4.90 Å². The molecular formula is C13H18BrFN2O3S. The van der Waals surface area contributed by atoms with E-state index in [1.54, 1.807) is 7.05 Å². The number of halogens is 2. The van der Waals surface area contributed by atoms with Crippen LogP contribution < -0.4 is 5.14 Å². The summed E-state index contributed by atoms with van der Waals surface area (Å²) in [5, 5.41) is 5.02. The van der Waals surface area contributed by atoms with Gasteiger partial charge in [0.15, 0.2) is 0 Å². The Labute approximate surface area is 132 Å². The highest BCUT2D eigenvalue weighted by Crippen LogP contribution is 2.26. The molecule has 0 radical (unpaired) electrons. The van der Waals surface area contributed by atoms with Crippen LogP contribution in [-0.2, 0) is 10.0 Å². The number of nitrogens with two attached hydrogens (primary N) is 1. The van der Waals surface area contributed by atoms with Crippen molar-refractivity contribution in [2.24, 2.45) is 11.1 Å². The van der Waals surface area contributed by atoms with Crippen LogP contribution in [0.5, 0.6) is 0 Å². The van der Waals surface area contributed by atoms with E-state index in [1.807, 2.05) is 13.8 Å². The Morgan fingerprint density at radius 3 is 2.48 bits per heavy atom. The number of amides is 1. The van der Waals surface area contributed by atoms with E-state index >= 15 is 0 Å². The van der Waals surface area contributed by atoms with Crippen LogP contribution in [0.15, 0.2) is 21.5 Å². The fourth-order valence-electron chi connectivity index (χ4n) is 1.67. The van der Waals surface area contributed by atoms with Gasteiger partial charge >= 0.3 is 0 Å². The summed E-state index contributed by atoms with van der Waals surface area (Å²) in [7, 11) is -2.54. The summed E-state index contributed by atoms with van der Waals surface area (Å²) in [6, 6.07) is 2.07. The van der Waals surface area contributed by atoms with Crippen molar-refractivity contribution in [3.05, 3.63) is 28.0 Å². The zero-order valence-corrected chi connectivity index (χ0v) is 14.5. The predicted molar refractivity (Wildman–Crippen MR) is 81.9 cm³/mol. The first-order valence-corrected chi connectivity index (χ1v) is 8.65. The molecule has 0 spiro atoms. The van der Waals surface area contributed by atoms with Crippen molar-refractivity contribution in [2.45, 2.75) is 25.2 Å². The number of sulfonamides is 1. The van der Waals surface area contributed by atoms with Crippen molar-refractivity contribution in [1.82, 2.24) is 4.90 Å². The van der Waals surface area contributed by atoms with Crippen molar-refractivity contribution >= 4 is 31.9 Å². The number of carbonyl (C=O) groups excluding carboxylic acids is 1. The molecule has 1 rings (SSSR count). The first-order chi connectivity index (χ1) is 9.54. The smallest absolute Gasteiger partial charge is 0.253 e. The molecule has 0 aliphatic rings. The van der Waals surface area contributed by atoms with Gasteiger partial charge in [-0.1, -0.05) is 13.8 Å². The number of hydrogen-bond acceptors (Lipinski definition) is 3. The van der Waals surface area contributed by atoms with Crippen molar-refractivity contribution in [1.29, 1.82) is 0 Å². The molecule has 5 nitrogen and oxygen atoms in total. The predicted octanol–water partition coefficient (Wildman–Crippen LogP) is 2.35. The number of primary sulfonamides is 1. The Hall–Kier alpha value is -0.990. The average Bonchev–Trinajstić information content (AvgIpc) is 2.36. The van der Waals surface area contributed by atoms with Crippen LogP contribution >= 0.6 is 15.9 Å². The SMILES string of the molecule is CC(C)CCN(C)C(=O)c1cc(F)c(Br)c(S(N)(=O)=O)c1. The molecule has 118 valence electrons. The Balaban J connectivity index is 3.14. The number of nitrogens with zero attached hydrogens (tertiary/aromatic N) is 1. The number of carbonyl (C=O) groups is 1. The van der Waals surface area contributed by atoms with Crippen molar-refractivity contribution in [3.63, 3.8) is 0 Å². The molecular weight excluding hydrogens is 363 g/mol. The van der Waals surface area contributed by atoms with Crippen LogP contribution in [0.3, 0.4) is 0 Å². The third-order valence-corrected chi connectivity index (χ3v) is 4.94. The fourth-order valence-corrected chi connectivity index (χ4v) is 3.21. The van der Waals surface area contributed by atoms with Crippen LogP contribution in [0.2, 0.25) is 0 Å². The Bertz CT molecular complexity index is 647. The zero-order chi connectivity index (χ0) is 16.4. The third-order valence-electron chi connectivity index (χ3n) is 2.94. The lowest BCUT2D eigenvalue weighted by Crippen LogP contribution is -2.29.